The van der Waals surface area contributed by atoms with E-state index in [0.717, 1.165) is 39.1 Å². The van der Waals surface area contributed by atoms with E-state index in [-0.39, 0.29) is 6.61 Å². The van der Waals surface area contributed by atoms with Crippen LogP contribution >= 0.6 is 0 Å². The molecule has 0 aromatic heterocycles. The van der Waals surface area contributed by atoms with Gasteiger partial charge in [-0.05, 0) is 17.9 Å². The van der Waals surface area contributed by atoms with E-state index in [4.69, 9.17) is 0 Å². The number of piperazine rings is 1. The summed E-state index contributed by atoms with van der Waals surface area (Å²) < 4.78 is 0. The Kier molecular flexibility index (Phi) is 7.10. The van der Waals surface area contributed by atoms with E-state index in [1.165, 1.54) is 5.56 Å². The van der Waals surface area contributed by atoms with E-state index in [1.54, 1.807) is 0 Å². The lowest BCUT2D eigenvalue weighted by atomic mass is 10.1. The molecular formula is C19H30N2O. The highest BCUT2D eigenvalue weighted by Crippen LogP contribution is 2.15. The average molecular weight is 302 g/mol. The molecule has 1 unspecified atom stereocenters. The normalized spacial score (nSPS) is 21.0. The fourth-order valence-electron chi connectivity index (χ4n) is 3.16. The van der Waals surface area contributed by atoms with Gasteiger partial charge in [-0.15, -0.1) is 0 Å². The summed E-state index contributed by atoms with van der Waals surface area (Å²) in [6, 6.07) is 10.9. The van der Waals surface area contributed by atoms with E-state index in [9.17, 15) is 5.11 Å². The Morgan fingerprint density at radius 2 is 2.00 bits per heavy atom. The molecule has 0 spiro atoms. The van der Waals surface area contributed by atoms with Gasteiger partial charge < -0.3 is 5.11 Å². The molecule has 0 saturated carbocycles. The van der Waals surface area contributed by atoms with Crippen LogP contribution in [0.2, 0.25) is 0 Å². The second-order valence-corrected chi connectivity index (χ2v) is 6.63. The van der Waals surface area contributed by atoms with Crippen molar-refractivity contribution in [3.8, 4) is 0 Å². The number of hydrogen-bond donors (Lipinski definition) is 1. The third-order valence-electron chi connectivity index (χ3n) is 4.22. The van der Waals surface area contributed by atoms with E-state index in [1.807, 2.05) is 6.07 Å². The summed E-state index contributed by atoms with van der Waals surface area (Å²) in [5, 5.41) is 9.32. The van der Waals surface area contributed by atoms with Crippen molar-refractivity contribution < 1.29 is 5.11 Å². The van der Waals surface area contributed by atoms with Crippen molar-refractivity contribution in [2.45, 2.75) is 26.3 Å². The van der Waals surface area contributed by atoms with Gasteiger partial charge in [0, 0.05) is 45.4 Å². The predicted molar refractivity (Wildman–Crippen MR) is 93.8 cm³/mol. The summed E-state index contributed by atoms with van der Waals surface area (Å²) in [6.07, 6.45) is 5.33. The van der Waals surface area contributed by atoms with Gasteiger partial charge in [0.05, 0.1) is 0 Å². The molecule has 1 aliphatic rings. The van der Waals surface area contributed by atoms with E-state index in [0.29, 0.717) is 12.0 Å². The minimum Gasteiger partial charge on any atom is -0.396 e. The summed E-state index contributed by atoms with van der Waals surface area (Å²) in [5.41, 5.74) is 1.26. The molecule has 1 heterocycles. The van der Waals surface area contributed by atoms with Gasteiger partial charge >= 0.3 is 0 Å². The van der Waals surface area contributed by atoms with Gasteiger partial charge in [0.1, 0.15) is 0 Å². The maximum Gasteiger partial charge on any atom is 0.0446 e. The highest BCUT2D eigenvalue weighted by molar-refractivity contribution is 5.48. The second-order valence-electron chi connectivity index (χ2n) is 6.63. The average Bonchev–Trinajstić information content (AvgIpc) is 2.51. The molecule has 0 bridgehead atoms. The van der Waals surface area contributed by atoms with Crippen LogP contribution in [-0.4, -0.2) is 60.3 Å². The Balaban J connectivity index is 1.84. The first kappa shape index (κ1) is 17.2. The molecule has 3 nitrogen and oxygen atoms in total. The Bertz CT molecular complexity index is 444. The van der Waals surface area contributed by atoms with Crippen LogP contribution in [0.25, 0.3) is 6.08 Å². The van der Waals surface area contributed by atoms with E-state index < -0.39 is 0 Å². The first-order chi connectivity index (χ1) is 10.7. The minimum absolute atomic E-state index is 0.285. The van der Waals surface area contributed by atoms with Crippen LogP contribution in [0.1, 0.15) is 25.8 Å². The fourth-order valence-corrected chi connectivity index (χ4v) is 3.16. The number of nitrogens with zero attached hydrogens (tertiary/aromatic N) is 2. The second kappa shape index (κ2) is 9.09. The third-order valence-corrected chi connectivity index (χ3v) is 4.22. The van der Waals surface area contributed by atoms with Crippen LogP contribution in [-0.2, 0) is 0 Å². The standard InChI is InChI=1S/C19H30N2O/c1-17(2)15-21-13-12-20(16-19(21)10-14-22)11-6-9-18-7-4-3-5-8-18/h3-9,17,19,22H,10-16H2,1-2H3. The Hall–Kier alpha value is -1.16. The molecule has 22 heavy (non-hydrogen) atoms. The van der Waals surface area contributed by atoms with E-state index >= 15 is 0 Å². The molecule has 0 amide bonds. The number of hydrogen-bond acceptors (Lipinski definition) is 3. The summed E-state index contributed by atoms with van der Waals surface area (Å²) in [4.78, 5) is 5.05. The number of rotatable bonds is 7. The Morgan fingerprint density at radius 3 is 2.68 bits per heavy atom. The summed E-state index contributed by atoms with van der Waals surface area (Å²) in [7, 11) is 0. The van der Waals surface area contributed by atoms with Crippen LogP contribution in [0.4, 0.5) is 0 Å². The molecular weight excluding hydrogens is 272 g/mol. The van der Waals surface area contributed by atoms with Crippen molar-refractivity contribution >= 4 is 6.08 Å². The zero-order chi connectivity index (χ0) is 15.8. The van der Waals surface area contributed by atoms with E-state index in [2.05, 4.69) is 60.1 Å². The first-order valence-electron chi connectivity index (χ1n) is 8.48. The van der Waals surface area contributed by atoms with Gasteiger partial charge in [-0.25, -0.2) is 0 Å². The fraction of sp³-hybridized carbons (Fsp3) is 0.579. The topological polar surface area (TPSA) is 26.7 Å². The summed E-state index contributed by atoms with van der Waals surface area (Å²) in [6.45, 7) is 10.2. The zero-order valence-corrected chi connectivity index (χ0v) is 14.0. The minimum atomic E-state index is 0.285. The molecule has 1 fully saturated rings. The third kappa shape index (κ3) is 5.56. The molecule has 1 aliphatic heterocycles. The highest BCUT2D eigenvalue weighted by atomic mass is 16.3. The Morgan fingerprint density at radius 1 is 1.23 bits per heavy atom. The lowest BCUT2D eigenvalue weighted by molar-refractivity contribution is 0.0570. The maximum atomic E-state index is 9.32. The van der Waals surface area contributed by atoms with Crippen molar-refractivity contribution in [3.05, 3.63) is 42.0 Å². The van der Waals surface area contributed by atoms with Gasteiger partial charge in [-0.2, -0.15) is 0 Å². The lowest BCUT2D eigenvalue weighted by Gasteiger charge is -2.42. The van der Waals surface area contributed by atoms with Crippen LogP contribution < -0.4 is 0 Å². The molecule has 2 rings (SSSR count). The predicted octanol–water partition coefficient (Wildman–Crippen LogP) is 2.72. The smallest absolute Gasteiger partial charge is 0.0446 e. The maximum absolute atomic E-state index is 9.32. The van der Waals surface area contributed by atoms with Gasteiger partial charge in [-0.1, -0.05) is 56.3 Å². The molecule has 1 aromatic carbocycles. The van der Waals surface area contributed by atoms with Gasteiger partial charge in [0.2, 0.25) is 0 Å². The summed E-state index contributed by atoms with van der Waals surface area (Å²) >= 11 is 0. The highest BCUT2D eigenvalue weighted by Gasteiger charge is 2.26. The number of aliphatic hydroxyl groups excluding tert-OH is 1. The van der Waals surface area contributed by atoms with Gasteiger partial charge in [-0.3, -0.25) is 9.80 Å². The zero-order valence-electron chi connectivity index (χ0n) is 14.0. The SMILES string of the molecule is CC(C)CN1CCN(CC=Cc2ccccc2)CC1CCO. The van der Waals surface area contributed by atoms with Crippen LogP contribution in [0.15, 0.2) is 36.4 Å². The molecule has 1 saturated heterocycles. The first-order valence-corrected chi connectivity index (χ1v) is 8.48. The summed E-state index contributed by atoms with van der Waals surface area (Å²) in [5.74, 6) is 0.686. The van der Waals surface area contributed by atoms with Crippen LogP contribution in [0.5, 0.6) is 0 Å². The molecule has 1 N–H and O–H groups in total. The van der Waals surface area contributed by atoms with Crippen LogP contribution in [0, 0.1) is 5.92 Å². The number of aliphatic hydroxyl groups is 1. The molecule has 122 valence electrons. The van der Waals surface area contributed by atoms with Crippen molar-refractivity contribution in [3.63, 3.8) is 0 Å². The molecule has 3 heteroatoms. The quantitative estimate of drug-likeness (QED) is 0.839. The molecule has 1 atom stereocenters. The lowest BCUT2D eigenvalue weighted by Crippen LogP contribution is -2.54. The van der Waals surface area contributed by atoms with Gasteiger partial charge in [0.15, 0.2) is 0 Å². The van der Waals surface area contributed by atoms with Crippen LogP contribution in [0.3, 0.4) is 0 Å². The Labute approximate surface area is 135 Å². The molecule has 0 aliphatic carbocycles. The largest absolute Gasteiger partial charge is 0.396 e. The molecule has 0 radical (unpaired) electrons. The van der Waals surface area contributed by atoms with Crippen molar-refractivity contribution in [2.75, 3.05) is 39.3 Å². The van der Waals surface area contributed by atoms with Crippen molar-refractivity contribution in [2.24, 2.45) is 5.92 Å². The molecule has 1 aromatic rings. The monoisotopic (exact) mass is 302 g/mol. The van der Waals surface area contributed by atoms with Crippen molar-refractivity contribution in [1.82, 2.24) is 9.80 Å². The number of benzene rings is 1. The van der Waals surface area contributed by atoms with Crippen molar-refractivity contribution in [1.29, 1.82) is 0 Å². The van der Waals surface area contributed by atoms with Gasteiger partial charge in [0.25, 0.3) is 0 Å².